The molecule has 1 aliphatic rings. The number of rotatable bonds is 8. The van der Waals surface area contributed by atoms with Crippen LogP contribution < -0.4 is 10.1 Å². The summed E-state index contributed by atoms with van der Waals surface area (Å²) in [6.45, 7) is 4.78. The predicted octanol–water partition coefficient (Wildman–Crippen LogP) is 5.03. The van der Waals surface area contributed by atoms with Gasteiger partial charge in [-0.2, -0.15) is 0 Å². The Labute approximate surface area is 163 Å². The molecule has 0 aromatic heterocycles. The number of amides is 1. The van der Waals surface area contributed by atoms with Gasteiger partial charge in [-0.05, 0) is 62.8 Å². The van der Waals surface area contributed by atoms with E-state index in [9.17, 15) is 4.79 Å². The Hall–Kier alpha value is -2.29. The van der Waals surface area contributed by atoms with Crippen LogP contribution in [0.25, 0.3) is 0 Å². The van der Waals surface area contributed by atoms with E-state index in [2.05, 4.69) is 29.6 Å². The molecule has 1 N–H and O–H groups in total. The van der Waals surface area contributed by atoms with Crippen molar-refractivity contribution in [2.75, 3.05) is 6.54 Å². The Bertz CT molecular complexity index is 716. The minimum Gasteiger partial charge on any atom is -0.491 e. The van der Waals surface area contributed by atoms with Gasteiger partial charge in [0.25, 0.3) is 0 Å². The number of benzene rings is 2. The number of hydrogen-bond donors (Lipinski definition) is 1. The lowest BCUT2D eigenvalue weighted by Crippen LogP contribution is -2.43. The molecule has 144 valence electrons. The summed E-state index contributed by atoms with van der Waals surface area (Å²) in [7, 11) is 0. The third-order valence-electron chi connectivity index (χ3n) is 5.44. The molecule has 1 fully saturated rings. The van der Waals surface area contributed by atoms with Crippen LogP contribution in [-0.2, 0) is 16.6 Å². The second-order valence-corrected chi connectivity index (χ2v) is 7.83. The molecule has 1 saturated carbocycles. The van der Waals surface area contributed by atoms with Gasteiger partial charge in [0.1, 0.15) is 5.75 Å². The molecule has 0 bridgehead atoms. The summed E-state index contributed by atoms with van der Waals surface area (Å²) in [5, 5.41) is 3.21. The summed E-state index contributed by atoms with van der Waals surface area (Å²) in [6, 6.07) is 18.6. The molecule has 3 heteroatoms. The highest BCUT2D eigenvalue weighted by atomic mass is 16.5. The molecule has 0 heterocycles. The van der Waals surface area contributed by atoms with Gasteiger partial charge < -0.3 is 10.1 Å². The molecule has 0 aliphatic heterocycles. The van der Waals surface area contributed by atoms with Crippen LogP contribution >= 0.6 is 0 Å². The third-order valence-corrected chi connectivity index (χ3v) is 5.44. The van der Waals surface area contributed by atoms with Gasteiger partial charge in [0.2, 0.25) is 5.91 Å². The monoisotopic (exact) mass is 365 g/mol. The van der Waals surface area contributed by atoms with E-state index in [-0.39, 0.29) is 17.4 Å². The van der Waals surface area contributed by atoms with Crippen molar-refractivity contribution in [3.63, 3.8) is 0 Å². The first-order chi connectivity index (χ1) is 13.1. The summed E-state index contributed by atoms with van der Waals surface area (Å²) in [6.07, 6.45) is 6.28. The summed E-state index contributed by atoms with van der Waals surface area (Å²) < 4.78 is 5.68. The van der Waals surface area contributed by atoms with Crippen molar-refractivity contribution in [2.24, 2.45) is 0 Å². The zero-order valence-electron chi connectivity index (χ0n) is 16.5. The van der Waals surface area contributed by atoms with E-state index >= 15 is 0 Å². The fourth-order valence-electron chi connectivity index (χ4n) is 4.05. The van der Waals surface area contributed by atoms with E-state index in [1.807, 2.05) is 44.2 Å². The summed E-state index contributed by atoms with van der Waals surface area (Å²) in [4.78, 5) is 13.0. The fourth-order valence-corrected chi connectivity index (χ4v) is 4.05. The van der Waals surface area contributed by atoms with Crippen molar-refractivity contribution in [2.45, 2.75) is 63.9 Å². The molecule has 2 aromatic carbocycles. The standard InChI is InChI=1S/C24H31NO2/c1-19(2)27-22-14-12-20(13-15-22)9-8-18-25-23(26)24(16-6-7-17-24)21-10-4-3-5-11-21/h3-5,10-15,19H,6-9,16-18H2,1-2H3,(H,25,26). The lowest BCUT2D eigenvalue weighted by Gasteiger charge is -2.28. The van der Waals surface area contributed by atoms with Crippen LogP contribution in [-0.4, -0.2) is 18.6 Å². The quantitative estimate of drug-likeness (QED) is 0.666. The number of carbonyl (C=O) groups excluding carboxylic acids is 1. The molecule has 0 atom stereocenters. The summed E-state index contributed by atoms with van der Waals surface area (Å²) >= 11 is 0. The summed E-state index contributed by atoms with van der Waals surface area (Å²) in [5.74, 6) is 1.11. The molecule has 3 rings (SSSR count). The van der Waals surface area contributed by atoms with E-state index in [1.165, 1.54) is 11.1 Å². The van der Waals surface area contributed by atoms with Gasteiger partial charge in [0.05, 0.1) is 11.5 Å². The first kappa shape index (κ1) is 19.5. The first-order valence-corrected chi connectivity index (χ1v) is 10.2. The average molecular weight is 366 g/mol. The van der Waals surface area contributed by atoms with Gasteiger partial charge in [0.15, 0.2) is 0 Å². The van der Waals surface area contributed by atoms with Crippen LogP contribution in [0.5, 0.6) is 5.75 Å². The Morgan fingerprint density at radius 3 is 2.33 bits per heavy atom. The van der Waals surface area contributed by atoms with Gasteiger partial charge in [0, 0.05) is 6.54 Å². The third kappa shape index (κ3) is 4.91. The zero-order valence-corrected chi connectivity index (χ0v) is 16.5. The largest absolute Gasteiger partial charge is 0.491 e. The first-order valence-electron chi connectivity index (χ1n) is 10.2. The van der Waals surface area contributed by atoms with Crippen molar-refractivity contribution >= 4 is 5.91 Å². The van der Waals surface area contributed by atoms with Crippen molar-refractivity contribution in [3.8, 4) is 5.75 Å². The van der Waals surface area contributed by atoms with Crippen LogP contribution in [0.2, 0.25) is 0 Å². The van der Waals surface area contributed by atoms with E-state index in [0.29, 0.717) is 0 Å². The lowest BCUT2D eigenvalue weighted by atomic mass is 9.78. The Balaban J connectivity index is 1.50. The van der Waals surface area contributed by atoms with Crippen LogP contribution in [0.3, 0.4) is 0 Å². The van der Waals surface area contributed by atoms with Crippen molar-refractivity contribution in [1.29, 1.82) is 0 Å². The van der Waals surface area contributed by atoms with Crippen molar-refractivity contribution < 1.29 is 9.53 Å². The SMILES string of the molecule is CC(C)Oc1ccc(CCCNC(=O)C2(c3ccccc3)CCCC2)cc1. The second kappa shape index (κ2) is 9.07. The molecular weight excluding hydrogens is 334 g/mol. The smallest absolute Gasteiger partial charge is 0.230 e. The Morgan fingerprint density at radius 1 is 1.04 bits per heavy atom. The second-order valence-electron chi connectivity index (χ2n) is 7.83. The Kier molecular flexibility index (Phi) is 6.54. The van der Waals surface area contributed by atoms with Gasteiger partial charge in [-0.3, -0.25) is 4.79 Å². The van der Waals surface area contributed by atoms with Crippen LogP contribution in [0.4, 0.5) is 0 Å². The molecule has 2 aromatic rings. The maximum Gasteiger partial charge on any atom is 0.230 e. The molecule has 0 unspecified atom stereocenters. The van der Waals surface area contributed by atoms with Crippen LogP contribution in [0, 0.1) is 0 Å². The highest BCUT2D eigenvalue weighted by Crippen LogP contribution is 2.41. The molecular formula is C24H31NO2. The minimum absolute atomic E-state index is 0.193. The van der Waals surface area contributed by atoms with Gasteiger partial charge in [-0.15, -0.1) is 0 Å². The number of aryl methyl sites for hydroxylation is 1. The molecule has 1 aliphatic carbocycles. The maximum atomic E-state index is 13.0. The molecule has 0 radical (unpaired) electrons. The lowest BCUT2D eigenvalue weighted by molar-refractivity contribution is -0.126. The molecule has 0 saturated heterocycles. The predicted molar refractivity (Wildman–Crippen MR) is 110 cm³/mol. The van der Waals surface area contributed by atoms with Crippen LogP contribution in [0.1, 0.15) is 57.1 Å². The van der Waals surface area contributed by atoms with Gasteiger partial charge in [-0.25, -0.2) is 0 Å². The van der Waals surface area contributed by atoms with Gasteiger partial charge >= 0.3 is 0 Å². The van der Waals surface area contributed by atoms with E-state index in [0.717, 1.165) is 50.8 Å². The average Bonchev–Trinajstić information content (AvgIpc) is 3.18. The fraction of sp³-hybridized carbons (Fsp3) is 0.458. The Morgan fingerprint density at radius 2 is 1.70 bits per heavy atom. The molecule has 1 amide bonds. The van der Waals surface area contributed by atoms with E-state index in [1.54, 1.807) is 0 Å². The van der Waals surface area contributed by atoms with E-state index < -0.39 is 0 Å². The highest BCUT2D eigenvalue weighted by molar-refractivity contribution is 5.88. The van der Waals surface area contributed by atoms with Crippen molar-refractivity contribution in [3.05, 3.63) is 65.7 Å². The van der Waals surface area contributed by atoms with Crippen molar-refractivity contribution in [1.82, 2.24) is 5.32 Å². The number of carbonyl (C=O) groups is 1. The number of hydrogen-bond acceptors (Lipinski definition) is 2. The zero-order chi connectivity index (χ0) is 19.1. The van der Waals surface area contributed by atoms with E-state index in [4.69, 9.17) is 4.74 Å². The molecule has 0 spiro atoms. The topological polar surface area (TPSA) is 38.3 Å². The maximum absolute atomic E-state index is 13.0. The van der Waals surface area contributed by atoms with Crippen LogP contribution in [0.15, 0.2) is 54.6 Å². The number of ether oxygens (including phenoxy) is 1. The molecule has 3 nitrogen and oxygen atoms in total. The minimum atomic E-state index is -0.322. The normalized spacial score (nSPS) is 15.7. The van der Waals surface area contributed by atoms with Gasteiger partial charge in [-0.1, -0.05) is 55.3 Å². The summed E-state index contributed by atoms with van der Waals surface area (Å²) in [5.41, 5.74) is 2.12. The number of nitrogens with one attached hydrogen (secondary N) is 1. The molecule has 27 heavy (non-hydrogen) atoms. The highest BCUT2D eigenvalue weighted by Gasteiger charge is 2.42.